The van der Waals surface area contributed by atoms with E-state index in [2.05, 4.69) is 18.3 Å². The van der Waals surface area contributed by atoms with Crippen molar-refractivity contribution >= 4 is 9.84 Å². The Labute approximate surface area is 127 Å². The minimum atomic E-state index is -2.82. The number of rotatable bonds is 7. The first-order valence-electron chi connectivity index (χ1n) is 7.58. The Kier molecular flexibility index (Phi) is 5.65. The maximum Gasteiger partial charge on any atom is 0.150 e. The molecule has 0 amide bonds. The fourth-order valence-corrected chi connectivity index (χ4v) is 4.95. The molecule has 0 spiro atoms. The molecule has 2 unspecified atom stereocenters. The molecule has 5 heteroatoms. The van der Waals surface area contributed by atoms with Crippen molar-refractivity contribution in [2.75, 3.05) is 31.7 Å². The maximum atomic E-state index is 11.7. The Bertz CT molecular complexity index is 556. The first-order chi connectivity index (χ1) is 10.0. The first-order valence-corrected chi connectivity index (χ1v) is 9.40. The quantitative estimate of drug-likeness (QED) is 0.835. The molecule has 4 nitrogen and oxygen atoms in total. The zero-order valence-corrected chi connectivity index (χ0v) is 13.7. The minimum absolute atomic E-state index is 0.264. The van der Waals surface area contributed by atoms with Gasteiger partial charge in [-0.3, -0.25) is 0 Å². The molecular weight excluding hydrogens is 286 g/mol. The highest BCUT2D eigenvalue weighted by Crippen LogP contribution is 2.29. The fourth-order valence-electron chi connectivity index (χ4n) is 3.03. The third kappa shape index (κ3) is 4.71. The summed E-state index contributed by atoms with van der Waals surface area (Å²) in [5.74, 6) is 2.16. The molecule has 0 aromatic heterocycles. The smallest absolute Gasteiger partial charge is 0.150 e. The minimum Gasteiger partial charge on any atom is -0.497 e. The Hall–Kier alpha value is -1.07. The second-order valence-corrected chi connectivity index (χ2v) is 8.02. The van der Waals surface area contributed by atoms with Crippen LogP contribution in [-0.2, 0) is 16.3 Å². The molecule has 1 aliphatic heterocycles. The summed E-state index contributed by atoms with van der Waals surface area (Å²) in [7, 11) is -1.16. The highest BCUT2D eigenvalue weighted by atomic mass is 32.2. The molecular formula is C16H25NO3S. The summed E-state index contributed by atoms with van der Waals surface area (Å²) in [5, 5.41) is 3.38. The standard InChI is InChI=1S/C16H25NO3S/c1-3-17-11-15(14-7-8-21(18,19)12-14)9-13-5-4-6-16(10-13)20-2/h4-6,10,14-15,17H,3,7-9,11-12H2,1-2H3. The number of benzene rings is 1. The normalized spacial score (nSPS) is 22.1. The van der Waals surface area contributed by atoms with Crippen LogP contribution in [0.3, 0.4) is 0 Å². The van der Waals surface area contributed by atoms with Gasteiger partial charge in [-0.25, -0.2) is 8.42 Å². The lowest BCUT2D eigenvalue weighted by molar-refractivity contribution is 0.345. The molecule has 1 aromatic rings. The SMILES string of the molecule is CCNCC(Cc1cccc(OC)c1)C1CCS(=O)(=O)C1. The second-order valence-electron chi connectivity index (χ2n) is 5.79. The van der Waals surface area contributed by atoms with Gasteiger partial charge in [-0.2, -0.15) is 0 Å². The first kappa shape index (κ1) is 16.3. The average Bonchev–Trinajstić information content (AvgIpc) is 2.83. The van der Waals surface area contributed by atoms with Crippen LogP contribution < -0.4 is 10.1 Å². The van der Waals surface area contributed by atoms with Gasteiger partial charge in [0.05, 0.1) is 18.6 Å². The van der Waals surface area contributed by atoms with Crippen molar-refractivity contribution in [1.29, 1.82) is 0 Å². The summed E-state index contributed by atoms with van der Waals surface area (Å²) >= 11 is 0. The van der Waals surface area contributed by atoms with Gasteiger partial charge in [0, 0.05) is 0 Å². The molecule has 0 saturated carbocycles. The van der Waals surface area contributed by atoms with Crippen molar-refractivity contribution < 1.29 is 13.2 Å². The Morgan fingerprint density at radius 3 is 2.86 bits per heavy atom. The van der Waals surface area contributed by atoms with Crippen molar-refractivity contribution in [2.45, 2.75) is 19.8 Å². The fraction of sp³-hybridized carbons (Fsp3) is 0.625. The van der Waals surface area contributed by atoms with Crippen molar-refractivity contribution in [2.24, 2.45) is 11.8 Å². The van der Waals surface area contributed by atoms with Crippen LogP contribution in [0, 0.1) is 11.8 Å². The van der Waals surface area contributed by atoms with Crippen LogP contribution >= 0.6 is 0 Å². The van der Waals surface area contributed by atoms with Gasteiger partial charge in [0.2, 0.25) is 0 Å². The van der Waals surface area contributed by atoms with E-state index >= 15 is 0 Å². The molecule has 1 N–H and O–H groups in total. The lowest BCUT2D eigenvalue weighted by Crippen LogP contribution is -2.30. The number of hydrogen-bond donors (Lipinski definition) is 1. The molecule has 118 valence electrons. The number of nitrogens with one attached hydrogen (secondary N) is 1. The summed E-state index contributed by atoms with van der Waals surface area (Å²) in [6.45, 7) is 3.86. The largest absolute Gasteiger partial charge is 0.497 e. The van der Waals surface area contributed by atoms with E-state index < -0.39 is 9.84 Å². The number of hydrogen-bond acceptors (Lipinski definition) is 4. The van der Waals surface area contributed by atoms with Crippen LogP contribution in [0.4, 0.5) is 0 Å². The predicted octanol–water partition coefficient (Wildman–Crippen LogP) is 1.90. The molecule has 2 rings (SSSR count). The van der Waals surface area contributed by atoms with Gasteiger partial charge in [-0.15, -0.1) is 0 Å². The summed E-state index contributed by atoms with van der Waals surface area (Å²) in [4.78, 5) is 0. The number of methoxy groups -OCH3 is 1. The van der Waals surface area contributed by atoms with E-state index in [1.807, 2.05) is 18.2 Å². The molecule has 0 bridgehead atoms. The van der Waals surface area contributed by atoms with Crippen molar-refractivity contribution in [1.82, 2.24) is 5.32 Å². The van der Waals surface area contributed by atoms with Gasteiger partial charge in [0.25, 0.3) is 0 Å². The van der Waals surface area contributed by atoms with E-state index in [9.17, 15) is 8.42 Å². The Balaban J connectivity index is 2.08. The van der Waals surface area contributed by atoms with Gasteiger partial charge in [-0.1, -0.05) is 19.1 Å². The van der Waals surface area contributed by atoms with Crippen LogP contribution in [-0.4, -0.2) is 40.1 Å². The molecule has 1 heterocycles. The third-order valence-electron chi connectivity index (χ3n) is 4.22. The van der Waals surface area contributed by atoms with E-state index in [1.165, 1.54) is 5.56 Å². The van der Waals surface area contributed by atoms with E-state index in [4.69, 9.17) is 4.74 Å². The zero-order chi connectivity index (χ0) is 15.3. The molecule has 1 aliphatic rings. The molecule has 1 aromatic carbocycles. The molecule has 2 atom stereocenters. The predicted molar refractivity (Wildman–Crippen MR) is 85.5 cm³/mol. The van der Waals surface area contributed by atoms with Gasteiger partial charge in [0.15, 0.2) is 9.84 Å². The van der Waals surface area contributed by atoms with Crippen LogP contribution in [0.1, 0.15) is 18.9 Å². The van der Waals surface area contributed by atoms with Gasteiger partial charge < -0.3 is 10.1 Å². The number of sulfone groups is 1. The summed E-state index contributed by atoms with van der Waals surface area (Å²) in [6, 6.07) is 8.06. The zero-order valence-electron chi connectivity index (χ0n) is 12.8. The molecule has 21 heavy (non-hydrogen) atoms. The lowest BCUT2D eigenvalue weighted by Gasteiger charge is -2.23. The summed E-state index contributed by atoms with van der Waals surface area (Å²) in [6.07, 6.45) is 1.69. The van der Waals surface area contributed by atoms with Crippen molar-refractivity contribution in [3.05, 3.63) is 29.8 Å². The highest BCUT2D eigenvalue weighted by Gasteiger charge is 2.33. The summed E-state index contributed by atoms with van der Waals surface area (Å²) in [5.41, 5.74) is 1.21. The molecule has 0 radical (unpaired) electrons. The second kappa shape index (κ2) is 7.27. The van der Waals surface area contributed by atoms with Gasteiger partial charge in [-0.05, 0) is 55.5 Å². The highest BCUT2D eigenvalue weighted by molar-refractivity contribution is 7.91. The van der Waals surface area contributed by atoms with Crippen LogP contribution in [0.2, 0.25) is 0 Å². The van der Waals surface area contributed by atoms with Crippen LogP contribution in [0.15, 0.2) is 24.3 Å². The lowest BCUT2D eigenvalue weighted by atomic mass is 9.86. The van der Waals surface area contributed by atoms with E-state index in [0.29, 0.717) is 17.4 Å². The van der Waals surface area contributed by atoms with Crippen LogP contribution in [0.5, 0.6) is 5.75 Å². The van der Waals surface area contributed by atoms with E-state index in [-0.39, 0.29) is 5.92 Å². The Morgan fingerprint density at radius 1 is 1.43 bits per heavy atom. The number of ether oxygens (including phenoxy) is 1. The van der Waals surface area contributed by atoms with Crippen molar-refractivity contribution in [3.8, 4) is 5.75 Å². The average molecular weight is 311 g/mol. The topological polar surface area (TPSA) is 55.4 Å². The van der Waals surface area contributed by atoms with E-state index in [1.54, 1.807) is 7.11 Å². The van der Waals surface area contributed by atoms with Gasteiger partial charge >= 0.3 is 0 Å². The van der Waals surface area contributed by atoms with E-state index in [0.717, 1.165) is 31.7 Å². The molecule has 1 fully saturated rings. The van der Waals surface area contributed by atoms with Crippen molar-refractivity contribution in [3.63, 3.8) is 0 Å². The molecule has 1 saturated heterocycles. The Morgan fingerprint density at radius 2 is 2.24 bits per heavy atom. The monoisotopic (exact) mass is 311 g/mol. The third-order valence-corrected chi connectivity index (χ3v) is 6.02. The van der Waals surface area contributed by atoms with Gasteiger partial charge in [0.1, 0.15) is 5.75 Å². The van der Waals surface area contributed by atoms with Crippen LogP contribution in [0.25, 0.3) is 0 Å². The molecule has 0 aliphatic carbocycles. The summed E-state index contributed by atoms with van der Waals surface area (Å²) < 4.78 is 28.7. The maximum absolute atomic E-state index is 11.7.